The van der Waals surface area contributed by atoms with Gasteiger partial charge in [0.05, 0.1) is 17.5 Å². The van der Waals surface area contributed by atoms with Crippen LogP contribution in [0.15, 0.2) is 53.6 Å². The van der Waals surface area contributed by atoms with E-state index in [4.69, 9.17) is 0 Å². The summed E-state index contributed by atoms with van der Waals surface area (Å²) in [6, 6.07) is 11.2. The average Bonchev–Trinajstić information content (AvgIpc) is 2.73. The minimum Gasteiger partial charge on any atom is -0.337 e. The lowest BCUT2D eigenvalue weighted by atomic mass is 10.1. The molecule has 0 N–H and O–H groups in total. The zero-order chi connectivity index (χ0) is 20.8. The summed E-state index contributed by atoms with van der Waals surface area (Å²) in [5.74, 6) is -0.0188. The van der Waals surface area contributed by atoms with E-state index in [0.717, 1.165) is 17.5 Å². The molecule has 30 heavy (non-hydrogen) atoms. The maximum atomic E-state index is 13.2. The van der Waals surface area contributed by atoms with Gasteiger partial charge in [-0.25, -0.2) is 4.68 Å². The summed E-state index contributed by atoms with van der Waals surface area (Å²) < 4.78 is 1.43. The Hall–Kier alpha value is -2.77. The molecule has 3 aromatic rings. The van der Waals surface area contributed by atoms with Gasteiger partial charge in [0.15, 0.2) is 0 Å². The summed E-state index contributed by atoms with van der Waals surface area (Å²) >= 11 is 0. The molecule has 2 aromatic heterocycles. The Kier molecular flexibility index (Phi) is 8.50. The lowest BCUT2D eigenvalue weighted by Gasteiger charge is -2.24. The topological polar surface area (TPSA) is 71.3 Å². The number of aryl methyl sites for hydroxylation is 1. The normalized spacial score (nSPS) is 10.8. The van der Waals surface area contributed by atoms with Crippen molar-refractivity contribution in [3.05, 3.63) is 70.4 Å². The molecular weight excluding hydrogens is 402 g/mol. The van der Waals surface area contributed by atoms with E-state index in [1.165, 1.54) is 4.68 Å². The smallest absolute Gasteiger partial charge is 0.274 e. The van der Waals surface area contributed by atoms with Crippen LogP contribution < -0.4 is 5.56 Å². The second kappa shape index (κ2) is 10.8. The van der Waals surface area contributed by atoms with Gasteiger partial charge >= 0.3 is 0 Å². The Morgan fingerprint density at radius 3 is 2.43 bits per heavy atom. The van der Waals surface area contributed by atoms with Crippen LogP contribution in [0.5, 0.6) is 0 Å². The number of likely N-dealkylation sites (N-methyl/N-ethyl adjacent to an activating group) is 1. The molecular formula is C22H28ClN5O2. The van der Waals surface area contributed by atoms with Crippen molar-refractivity contribution in [2.75, 3.05) is 27.2 Å². The van der Waals surface area contributed by atoms with Crippen LogP contribution in [0.25, 0.3) is 10.8 Å². The highest BCUT2D eigenvalue weighted by atomic mass is 35.5. The van der Waals surface area contributed by atoms with Crippen LogP contribution >= 0.6 is 12.4 Å². The first-order valence-corrected chi connectivity index (χ1v) is 9.79. The number of amides is 1. The molecule has 7 nitrogen and oxygen atoms in total. The van der Waals surface area contributed by atoms with Crippen molar-refractivity contribution in [2.45, 2.75) is 26.4 Å². The van der Waals surface area contributed by atoms with Crippen molar-refractivity contribution >= 4 is 29.1 Å². The molecule has 0 aliphatic heterocycles. The molecule has 0 aliphatic carbocycles. The molecule has 0 atom stereocenters. The van der Waals surface area contributed by atoms with Gasteiger partial charge < -0.3 is 9.80 Å². The fourth-order valence-electron chi connectivity index (χ4n) is 3.23. The molecule has 0 fully saturated rings. The lowest BCUT2D eigenvalue weighted by molar-refractivity contribution is -0.131. The minimum absolute atomic E-state index is 0. The molecule has 0 bridgehead atoms. The van der Waals surface area contributed by atoms with Crippen LogP contribution in [0.2, 0.25) is 0 Å². The summed E-state index contributed by atoms with van der Waals surface area (Å²) in [7, 11) is 3.97. The Morgan fingerprint density at radius 2 is 1.80 bits per heavy atom. The highest BCUT2D eigenvalue weighted by Gasteiger charge is 2.19. The third-order valence-corrected chi connectivity index (χ3v) is 4.83. The summed E-state index contributed by atoms with van der Waals surface area (Å²) in [5.41, 5.74) is 1.49. The van der Waals surface area contributed by atoms with Crippen molar-refractivity contribution in [1.82, 2.24) is 24.6 Å². The molecule has 0 radical (unpaired) electrons. The first kappa shape index (κ1) is 23.5. The zero-order valence-electron chi connectivity index (χ0n) is 17.6. The molecule has 0 saturated heterocycles. The number of fused-ring (bicyclic) bond motifs is 1. The van der Waals surface area contributed by atoms with Gasteiger partial charge in [0.25, 0.3) is 5.56 Å². The van der Waals surface area contributed by atoms with Crippen LogP contribution in [0.3, 0.4) is 0 Å². The summed E-state index contributed by atoms with van der Waals surface area (Å²) in [6.07, 6.45) is 3.65. The molecule has 160 valence electrons. The first-order chi connectivity index (χ1) is 14.0. The summed E-state index contributed by atoms with van der Waals surface area (Å²) in [5, 5.41) is 5.81. The van der Waals surface area contributed by atoms with Gasteiger partial charge in [-0.2, -0.15) is 5.10 Å². The first-order valence-electron chi connectivity index (χ1n) is 9.79. The van der Waals surface area contributed by atoms with Crippen molar-refractivity contribution in [3.63, 3.8) is 0 Å². The highest BCUT2D eigenvalue weighted by molar-refractivity contribution is 5.88. The molecule has 3 rings (SSSR count). The third-order valence-electron chi connectivity index (χ3n) is 4.83. The molecule has 1 amide bonds. The predicted molar refractivity (Wildman–Crippen MR) is 121 cm³/mol. The number of pyridine rings is 1. The van der Waals surface area contributed by atoms with E-state index in [1.54, 1.807) is 18.5 Å². The van der Waals surface area contributed by atoms with E-state index >= 15 is 0 Å². The van der Waals surface area contributed by atoms with Gasteiger partial charge in [-0.15, -0.1) is 12.4 Å². The van der Waals surface area contributed by atoms with E-state index < -0.39 is 0 Å². The number of benzene rings is 1. The van der Waals surface area contributed by atoms with Gasteiger partial charge in [-0.05, 0) is 38.7 Å². The Bertz CT molecular complexity index is 1040. The summed E-state index contributed by atoms with van der Waals surface area (Å²) in [4.78, 5) is 33.8. The van der Waals surface area contributed by atoms with E-state index in [2.05, 4.69) is 15.0 Å². The van der Waals surface area contributed by atoms with E-state index in [0.29, 0.717) is 30.7 Å². The number of nitrogens with zero attached hydrogens (tertiary/aromatic N) is 5. The zero-order valence-corrected chi connectivity index (χ0v) is 18.4. The van der Waals surface area contributed by atoms with Gasteiger partial charge in [-0.1, -0.05) is 24.3 Å². The molecule has 0 aliphatic rings. The van der Waals surface area contributed by atoms with Crippen molar-refractivity contribution < 1.29 is 4.79 Å². The maximum absolute atomic E-state index is 13.2. The Morgan fingerprint density at radius 1 is 1.07 bits per heavy atom. The van der Waals surface area contributed by atoms with Gasteiger partial charge in [0.1, 0.15) is 0 Å². The van der Waals surface area contributed by atoms with Crippen LogP contribution in [-0.4, -0.2) is 57.7 Å². The van der Waals surface area contributed by atoms with E-state index in [9.17, 15) is 9.59 Å². The number of carbonyl (C=O) groups is 1. The molecule has 2 heterocycles. The van der Waals surface area contributed by atoms with E-state index in [1.807, 2.05) is 56.3 Å². The van der Waals surface area contributed by atoms with Gasteiger partial charge in [0, 0.05) is 44.0 Å². The largest absolute Gasteiger partial charge is 0.337 e. The van der Waals surface area contributed by atoms with E-state index in [-0.39, 0.29) is 30.3 Å². The second-order valence-corrected chi connectivity index (χ2v) is 7.27. The Labute approximate surface area is 182 Å². The predicted octanol–water partition coefficient (Wildman–Crippen LogP) is 2.37. The maximum Gasteiger partial charge on any atom is 0.274 e. The molecule has 0 spiro atoms. The molecule has 8 heteroatoms. The second-order valence-electron chi connectivity index (χ2n) is 7.27. The van der Waals surface area contributed by atoms with Crippen LogP contribution in [0.1, 0.15) is 18.2 Å². The van der Waals surface area contributed by atoms with Crippen molar-refractivity contribution in [2.24, 2.45) is 0 Å². The number of hydrogen-bond acceptors (Lipinski definition) is 5. The van der Waals surface area contributed by atoms with Gasteiger partial charge in [-0.3, -0.25) is 14.6 Å². The summed E-state index contributed by atoms with van der Waals surface area (Å²) in [6.45, 7) is 4.19. The third kappa shape index (κ3) is 5.64. The average molecular weight is 430 g/mol. The Balaban J connectivity index is 0.00000320. The lowest BCUT2D eigenvalue weighted by Crippen LogP contribution is -2.37. The number of halogens is 1. The quantitative estimate of drug-likeness (QED) is 0.549. The SMILES string of the molecule is CCn1nc(CC(=O)N(CCN(C)C)Cc2cccnc2)c2ccccc2c1=O.Cl. The van der Waals surface area contributed by atoms with Gasteiger partial charge in [0.2, 0.25) is 5.91 Å². The molecule has 0 unspecified atom stereocenters. The number of rotatable bonds is 8. The fraction of sp³-hybridized carbons (Fsp3) is 0.364. The van der Waals surface area contributed by atoms with Crippen LogP contribution in [0.4, 0.5) is 0 Å². The number of carbonyl (C=O) groups excluding carboxylic acids is 1. The van der Waals surface area contributed by atoms with Crippen molar-refractivity contribution in [1.29, 1.82) is 0 Å². The standard InChI is InChI=1S/C22H27N5O2.ClH/c1-4-27-22(29)19-10-6-5-9-18(19)20(24-27)14-21(28)26(13-12-25(2)3)16-17-8-7-11-23-15-17;/h5-11,15H,4,12-14,16H2,1-3H3;1H. The minimum atomic E-state index is -0.126. The fourth-order valence-corrected chi connectivity index (χ4v) is 3.23. The number of hydrogen-bond donors (Lipinski definition) is 0. The molecule has 0 saturated carbocycles. The molecule has 1 aromatic carbocycles. The van der Waals surface area contributed by atoms with Crippen LogP contribution in [-0.2, 0) is 24.3 Å². The monoisotopic (exact) mass is 429 g/mol. The van der Waals surface area contributed by atoms with Crippen molar-refractivity contribution in [3.8, 4) is 0 Å². The highest BCUT2D eigenvalue weighted by Crippen LogP contribution is 2.15. The van der Waals surface area contributed by atoms with Crippen LogP contribution in [0, 0.1) is 0 Å². The number of aromatic nitrogens is 3.